The molecule has 134 valence electrons. The molecule has 4 rings (SSSR count). The van der Waals surface area contributed by atoms with Crippen LogP contribution >= 0.6 is 0 Å². The molecule has 3 heterocycles. The number of para-hydroxylation sites is 1. The van der Waals surface area contributed by atoms with E-state index in [1.165, 1.54) is 5.39 Å². The number of ether oxygens (including phenoxy) is 2. The normalized spacial score (nSPS) is 25.2. The second-order valence-corrected chi connectivity index (χ2v) is 7.15. The van der Waals surface area contributed by atoms with Gasteiger partial charge in [0, 0.05) is 57.7 Å². The van der Waals surface area contributed by atoms with Gasteiger partial charge in [-0.1, -0.05) is 24.3 Å². The minimum Gasteiger partial charge on any atom is -0.383 e. The van der Waals surface area contributed by atoms with E-state index in [0.29, 0.717) is 12.0 Å². The summed E-state index contributed by atoms with van der Waals surface area (Å²) in [5.74, 6) is 0.583. The Hall–Kier alpha value is -1.53. The lowest BCUT2D eigenvalue weighted by molar-refractivity contribution is 0.0506. The highest BCUT2D eigenvalue weighted by Crippen LogP contribution is 2.25. The third-order valence-corrected chi connectivity index (χ3v) is 5.34. The van der Waals surface area contributed by atoms with E-state index in [1.54, 1.807) is 7.11 Å². The first-order valence-electron chi connectivity index (χ1n) is 9.22. The molecule has 2 saturated heterocycles. The fourth-order valence-corrected chi connectivity index (χ4v) is 4.03. The standard InChI is InChI=1S/C20H27N3O2/c1-24-10-8-22-9-11-25-20-15-23(13-17(20)12-22)14-18-7-6-16-4-2-3-5-19(16)21-18/h2-7,17,20H,8-15H2,1H3/t17-,20+/m0/s1. The molecule has 2 fully saturated rings. The van der Waals surface area contributed by atoms with Gasteiger partial charge in [-0.3, -0.25) is 14.8 Å². The Morgan fingerprint density at radius 1 is 1.12 bits per heavy atom. The number of hydrogen-bond donors (Lipinski definition) is 0. The van der Waals surface area contributed by atoms with E-state index in [4.69, 9.17) is 14.5 Å². The maximum absolute atomic E-state index is 6.13. The quantitative estimate of drug-likeness (QED) is 0.832. The molecule has 0 bridgehead atoms. The van der Waals surface area contributed by atoms with Crippen molar-refractivity contribution in [1.29, 1.82) is 0 Å². The summed E-state index contributed by atoms with van der Waals surface area (Å²) >= 11 is 0. The molecule has 5 nitrogen and oxygen atoms in total. The van der Waals surface area contributed by atoms with Crippen LogP contribution in [0.25, 0.3) is 10.9 Å². The van der Waals surface area contributed by atoms with Crippen molar-refractivity contribution in [3.63, 3.8) is 0 Å². The molecular formula is C20H27N3O2. The summed E-state index contributed by atoms with van der Waals surface area (Å²) < 4.78 is 11.4. The van der Waals surface area contributed by atoms with E-state index in [2.05, 4.69) is 46.2 Å². The molecule has 2 aromatic rings. The molecule has 0 radical (unpaired) electrons. The maximum atomic E-state index is 6.13. The molecule has 0 amide bonds. The Morgan fingerprint density at radius 2 is 2.00 bits per heavy atom. The van der Waals surface area contributed by atoms with Gasteiger partial charge in [0.15, 0.2) is 0 Å². The van der Waals surface area contributed by atoms with Crippen LogP contribution in [0.2, 0.25) is 0 Å². The van der Waals surface area contributed by atoms with Crippen LogP contribution < -0.4 is 0 Å². The van der Waals surface area contributed by atoms with Crippen LogP contribution in [0.5, 0.6) is 0 Å². The minimum absolute atomic E-state index is 0.355. The third-order valence-electron chi connectivity index (χ3n) is 5.34. The number of rotatable bonds is 5. The van der Waals surface area contributed by atoms with Gasteiger partial charge in [0.05, 0.1) is 30.5 Å². The van der Waals surface area contributed by atoms with Crippen molar-refractivity contribution >= 4 is 10.9 Å². The second-order valence-electron chi connectivity index (χ2n) is 7.15. The van der Waals surface area contributed by atoms with Crippen LogP contribution in [-0.4, -0.2) is 73.9 Å². The highest BCUT2D eigenvalue weighted by Gasteiger charge is 2.36. The van der Waals surface area contributed by atoms with Crippen LogP contribution in [0.3, 0.4) is 0 Å². The van der Waals surface area contributed by atoms with E-state index in [1.807, 2.05) is 0 Å². The van der Waals surface area contributed by atoms with Gasteiger partial charge in [-0.2, -0.15) is 0 Å². The zero-order valence-electron chi connectivity index (χ0n) is 14.9. The van der Waals surface area contributed by atoms with Crippen LogP contribution in [0.4, 0.5) is 0 Å². The Morgan fingerprint density at radius 3 is 2.92 bits per heavy atom. The van der Waals surface area contributed by atoms with Gasteiger partial charge < -0.3 is 9.47 Å². The Bertz CT molecular complexity index is 706. The number of benzene rings is 1. The van der Waals surface area contributed by atoms with Gasteiger partial charge in [0.2, 0.25) is 0 Å². The van der Waals surface area contributed by atoms with Crippen LogP contribution in [0.1, 0.15) is 5.69 Å². The summed E-state index contributed by atoms with van der Waals surface area (Å²) in [5.41, 5.74) is 2.22. The highest BCUT2D eigenvalue weighted by atomic mass is 16.5. The molecule has 2 atom stereocenters. The molecule has 0 aliphatic carbocycles. The topological polar surface area (TPSA) is 37.8 Å². The van der Waals surface area contributed by atoms with Crippen molar-refractivity contribution in [2.24, 2.45) is 5.92 Å². The van der Waals surface area contributed by atoms with Crippen LogP contribution in [-0.2, 0) is 16.0 Å². The predicted octanol–water partition coefficient (Wildman–Crippen LogP) is 2.01. The summed E-state index contributed by atoms with van der Waals surface area (Å²) in [4.78, 5) is 9.79. The molecule has 2 aliphatic heterocycles. The lowest BCUT2D eigenvalue weighted by Gasteiger charge is -2.23. The summed E-state index contributed by atoms with van der Waals surface area (Å²) in [6, 6.07) is 12.6. The zero-order valence-corrected chi connectivity index (χ0v) is 14.9. The van der Waals surface area contributed by atoms with Crippen molar-refractivity contribution in [1.82, 2.24) is 14.8 Å². The van der Waals surface area contributed by atoms with Crippen molar-refractivity contribution in [2.75, 3.05) is 53.0 Å². The van der Waals surface area contributed by atoms with Crippen molar-refractivity contribution in [2.45, 2.75) is 12.6 Å². The molecule has 25 heavy (non-hydrogen) atoms. The van der Waals surface area contributed by atoms with E-state index in [0.717, 1.165) is 63.7 Å². The second kappa shape index (κ2) is 7.79. The van der Waals surface area contributed by atoms with E-state index in [9.17, 15) is 0 Å². The number of nitrogens with zero attached hydrogens (tertiary/aromatic N) is 3. The number of fused-ring (bicyclic) bond motifs is 2. The monoisotopic (exact) mass is 341 g/mol. The zero-order chi connectivity index (χ0) is 17.1. The fraction of sp³-hybridized carbons (Fsp3) is 0.550. The van der Waals surface area contributed by atoms with Crippen molar-refractivity contribution < 1.29 is 9.47 Å². The van der Waals surface area contributed by atoms with E-state index in [-0.39, 0.29) is 0 Å². The van der Waals surface area contributed by atoms with Crippen LogP contribution in [0, 0.1) is 5.92 Å². The summed E-state index contributed by atoms with van der Waals surface area (Å²) in [6.07, 6.45) is 0.355. The Balaban J connectivity index is 1.39. The van der Waals surface area contributed by atoms with E-state index < -0.39 is 0 Å². The smallest absolute Gasteiger partial charge is 0.0755 e. The lowest BCUT2D eigenvalue weighted by atomic mass is 10.1. The molecule has 1 aromatic carbocycles. The molecular weight excluding hydrogens is 314 g/mol. The van der Waals surface area contributed by atoms with Gasteiger partial charge in [-0.15, -0.1) is 0 Å². The largest absolute Gasteiger partial charge is 0.383 e. The van der Waals surface area contributed by atoms with Gasteiger partial charge in [-0.25, -0.2) is 0 Å². The van der Waals surface area contributed by atoms with E-state index >= 15 is 0 Å². The van der Waals surface area contributed by atoms with Gasteiger partial charge >= 0.3 is 0 Å². The van der Waals surface area contributed by atoms with Gasteiger partial charge in [0.25, 0.3) is 0 Å². The predicted molar refractivity (Wildman–Crippen MR) is 98.6 cm³/mol. The molecule has 1 aromatic heterocycles. The number of hydrogen-bond acceptors (Lipinski definition) is 5. The molecule has 0 unspecified atom stereocenters. The number of pyridine rings is 1. The average molecular weight is 341 g/mol. The number of likely N-dealkylation sites (tertiary alicyclic amines) is 1. The molecule has 0 saturated carbocycles. The summed E-state index contributed by atoms with van der Waals surface area (Å²) in [5, 5.41) is 1.20. The summed E-state index contributed by atoms with van der Waals surface area (Å²) in [7, 11) is 1.77. The first-order chi connectivity index (χ1) is 12.3. The third kappa shape index (κ3) is 4.01. The van der Waals surface area contributed by atoms with Crippen LogP contribution in [0.15, 0.2) is 36.4 Å². The summed E-state index contributed by atoms with van der Waals surface area (Å²) in [6.45, 7) is 7.74. The number of methoxy groups -OCH3 is 1. The highest BCUT2D eigenvalue weighted by molar-refractivity contribution is 5.78. The number of aromatic nitrogens is 1. The molecule has 5 heteroatoms. The Labute approximate surface area is 149 Å². The first-order valence-corrected chi connectivity index (χ1v) is 9.22. The lowest BCUT2D eigenvalue weighted by Crippen LogP contribution is -2.34. The molecule has 2 aliphatic rings. The minimum atomic E-state index is 0.355. The Kier molecular flexibility index (Phi) is 5.27. The SMILES string of the molecule is COCCN1CCO[C@@H]2CN(Cc3ccc4ccccc4n3)C[C@@H]2C1. The fourth-order valence-electron chi connectivity index (χ4n) is 4.03. The van der Waals surface area contributed by atoms with Gasteiger partial charge in [0.1, 0.15) is 0 Å². The molecule has 0 spiro atoms. The maximum Gasteiger partial charge on any atom is 0.0755 e. The molecule has 0 N–H and O–H groups in total. The van der Waals surface area contributed by atoms with Crippen molar-refractivity contribution in [3.8, 4) is 0 Å². The average Bonchev–Trinajstić information content (AvgIpc) is 2.90. The van der Waals surface area contributed by atoms with Crippen molar-refractivity contribution in [3.05, 3.63) is 42.1 Å². The first kappa shape index (κ1) is 16.9. The van der Waals surface area contributed by atoms with Gasteiger partial charge in [-0.05, 0) is 12.1 Å².